The van der Waals surface area contributed by atoms with E-state index in [2.05, 4.69) is 12.2 Å². The Hall–Kier alpha value is -1.51. The van der Waals surface area contributed by atoms with Gasteiger partial charge in [0.15, 0.2) is 0 Å². The molecule has 3 heteroatoms. The standard InChI is InChI=1S/C11H15NO2/c1-2-7-12-10-6-4-3-5-9(10)8-11(13)14/h3-6,12H,2,7-8H2,1H3,(H,13,14). The summed E-state index contributed by atoms with van der Waals surface area (Å²) < 4.78 is 0. The number of rotatable bonds is 5. The first kappa shape index (κ1) is 10.6. The van der Waals surface area contributed by atoms with E-state index in [0.717, 1.165) is 24.2 Å². The summed E-state index contributed by atoms with van der Waals surface area (Å²) >= 11 is 0. The van der Waals surface area contributed by atoms with Gasteiger partial charge in [-0.25, -0.2) is 0 Å². The van der Waals surface area contributed by atoms with Gasteiger partial charge in [0.1, 0.15) is 0 Å². The first-order valence-corrected chi connectivity index (χ1v) is 4.77. The number of aliphatic carboxylic acids is 1. The van der Waals surface area contributed by atoms with Crippen molar-refractivity contribution in [3.05, 3.63) is 29.8 Å². The molecule has 0 unspecified atom stereocenters. The first-order chi connectivity index (χ1) is 6.74. The lowest BCUT2D eigenvalue weighted by Gasteiger charge is -2.09. The van der Waals surface area contributed by atoms with Gasteiger partial charge in [-0.1, -0.05) is 25.1 Å². The van der Waals surface area contributed by atoms with Crippen molar-refractivity contribution in [2.24, 2.45) is 0 Å². The minimum absolute atomic E-state index is 0.0763. The third-order valence-corrected chi connectivity index (χ3v) is 1.92. The fraction of sp³-hybridized carbons (Fsp3) is 0.364. The molecule has 0 saturated carbocycles. The largest absolute Gasteiger partial charge is 0.481 e. The SMILES string of the molecule is CCCNc1ccccc1CC(=O)O. The Kier molecular flexibility index (Phi) is 3.98. The fourth-order valence-electron chi connectivity index (χ4n) is 1.27. The summed E-state index contributed by atoms with van der Waals surface area (Å²) in [5.74, 6) is -0.796. The lowest BCUT2D eigenvalue weighted by Crippen LogP contribution is -2.06. The molecule has 2 N–H and O–H groups in total. The van der Waals surface area contributed by atoms with E-state index >= 15 is 0 Å². The molecular formula is C11H15NO2. The molecule has 0 aliphatic heterocycles. The van der Waals surface area contributed by atoms with Crippen molar-refractivity contribution in [3.63, 3.8) is 0 Å². The number of hydrogen-bond acceptors (Lipinski definition) is 2. The monoisotopic (exact) mass is 193 g/mol. The van der Waals surface area contributed by atoms with Crippen LogP contribution in [0.2, 0.25) is 0 Å². The van der Waals surface area contributed by atoms with Gasteiger partial charge in [-0.15, -0.1) is 0 Å². The molecule has 1 rings (SSSR count). The highest BCUT2D eigenvalue weighted by Crippen LogP contribution is 2.15. The van der Waals surface area contributed by atoms with Crippen LogP contribution in [-0.4, -0.2) is 17.6 Å². The Balaban J connectivity index is 2.74. The Morgan fingerprint density at radius 1 is 1.43 bits per heavy atom. The third kappa shape index (κ3) is 3.09. The second-order valence-electron chi connectivity index (χ2n) is 3.15. The van der Waals surface area contributed by atoms with Crippen LogP contribution in [0.3, 0.4) is 0 Å². The molecule has 0 fully saturated rings. The maximum atomic E-state index is 10.6. The molecule has 76 valence electrons. The Labute approximate surface area is 83.8 Å². The normalized spacial score (nSPS) is 9.79. The minimum atomic E-state index is -0.796. The van der Waals surface area contributed by atoms with Crippen molar-refractivity contribution >= 4 is 11.7 Å². The van der Waals surface area contributed by atoms with Crippen molar-refractivity contribution in [2.45, 2.75) is 19.8 Å². The highest BCUT2D eigenvalue weighted by Gasteiger charge is 2.04. The van der Waals surface area contributed by atoms with Crippen LogP contribution < -0.4 is 5.32 Å². The molecule has 0 radical (unpaired) electrons. The van der Waals surface area contributed by atoms with Crippen molar-refractivity contribution < 1.29 is 9.90 Å². The minimum Gasteiger partial charge on any atom is -0.481 e. The quantitative estimate of drug-likeness (QED) is 0.753. The zero-order valence-corrected chi connectivity index (χ0v) is 8.29. The van der Waals surface area contributed by atoms with Crippen LogP contribution in [0.4, 0.5) is 5.69 Å². The van der Waals surface area contributed by atoms with Crippen molar-refractivity contribution in [3.8, 4) is 0 Å². The number of carboxylic acid groups (broad SMARTS) is 1. The molecule has 0 amide bonds. The molecule has 14 heavy (non-hydrogen) atoms. The highest BCUT2D eigenvalue weighted by atomic mass is 16.4. The van der Waals surface area contributed by atoms with Crippen LogP contribution in [-0.2, 0) is 11.2 Å². The third-order valence-electron chi connectivity index (χ3n) is 1.92. The number of hydrogen-bond donors (Lipinski definition) is 2. The van der Waals surface area contributed by atoms with Gasteiger partial charge in [0.25, 0.3) is 0 Å². The predicted molar refractivity (Wildman–Crippen MR) is 56.6 cm³/mol. The van der Waals surface area contributed by atoms with Crippen molar-refractivity contribution in [1.82, 2.24) is 0 Å². The molecule has 0 atom stereocenters. The van der Waals surface area contributed by atoms with E-state index in [0.29, 0.717) is 0 Å². The molecule has 0 aromatic heterocycles. The average molecular weight is 193 g/mol. The van der Waals surface area contributed by atoms with E-state index in [1.807, 2.05) is 24.3 Å². The fourth-order valence-corrected chi connectivity index (χ4v) is 1.27. The number of anilines is 1. The van der Waals surface area contributed by atoms with Crippen molar-refractivity contribution in [1.29, 1.82) is 0 Å². The molecule has 0 heterocycles. The van der Waals surface area contributed by atoms with E-state index in [9.17, 15) is 4.79 Å². The van der Waals surface area contributed by atoms with Gasteiger partial charge in [0.2, 0.25) is 0 Å². The zero-order valence-electron chi connectivity index (χ0n) is 8.29. The van der Waals surface area contributed by atoms with Gasteiger partial charge in [-0.05, 0) is 18.1 Å². The first-order valence-electron chi connectivity index (χ1n) is 4.77. The van der Waals surface area contributed by atoms with Gasteiger partial charge in [0, 0.05) is 12.2 Å². The molecule has 0 saturated heterocycles. The molecule has 0 spiro atoms. The summed E-state index contributed by atoms with van der Waals surface area (Å²) in [7, 11) is 0. The summed E-state index contributed by atoms with van der Waals surface area (Å²) in [6.45, 7) is 2.95. The number of carbonyl (C=O) groups is 1. The molecule has 1 aromatic carbocycles. The van der Waals surface area contributed by atoms with Gasteiger partial charge in [-0.2, -0.15) is 0 Å². The van der Waals surface area contributed by atoms with Gasteiger partial charge < -0.3 is 10.4 Å². The molecule has 0 aliphatic carbocycles. The summed E-state index contributed by atoms with van der Waals surface area (Å²) in [6, 6.07) is 7.51. The van der Waals surface area contributed by atoms with Crippen LogP contribution in [0.5, 0.6) is 0 Å². The number of carboxylic acids is 1. The Morgan fingerprint density at radius 2 is 2.14 bits per heavy atom. The Bertz CT molecular complexity index is 310. The highest BCUT2D eigenvalue weighted by molar-refractivity contribution is 5.73. The Morgan fingerprint density at radius 3 is 2.79 bits per heavy atom. The molecular weight excluding hydrogens is 178 g/mol. The molecule has 0 bridgehead atoms. The predicted octanol–water partition coefficient (Wildman–Crippen LogP) is 2.14. The summed E-state index contributed by atoms with van der Waals surface area (Å²) in [5, 5.41) is 11.9. The lowest BCUT2D eigenvalue weighted by molar-refractivity contribution is -0.136. The van der Waals surface area contributed by atoms with Gasteiger partial charge in [-0.3, -0.25) is 4.79 Å². The van der Waals surface area contributed by atoms with Crippen LogP contribution in [0.1, 0.15) is 18.9 Å². The van der Waals surface area contributed by atoms with Crippen LogP contribution >= 0.6 is 0 Å². The maximum absolute atomic E-state index is 10.6. The second kappa shape index (κ2) is 5.27. The summed E-state index contributed by atoms with van der Waals surface area (Å²) in [4.78, 5) is 10.6. The zero-order chi connectivity index (χ0) is 10.4. The maximum Gasteiger partial charge on any atom is 0.307 e. The van der Waals surface area contributed by atoms with Crippen LogP contribution in [0.15, 0.2) is 24.3 Å². The van der Waals surface area contributed by atoms with E-state index in [-0.39, 0.29) is 6.42 Å². The number of benzene rings is 1. The van der Waals surface area contributed by atoms with Gasteiger partial charge in [0.05, 0.1) is 6.42 Å². The molecule has 3 nitrogen and oxygen atoms in total. The average Bonchev–Trinajstić information content (AvgIpc) is 2.16. The smallest absolute Gasteiger partial charge is 0.307 e. The number of nitrogens with one attached hydrogen (secondary N) is 1. The van der Waals surface area contributed by atoms with Crippen LogP contribution in [0, 0.1) is 0 Å². The summed E-state index contributed by atoms with van der Waals surface area (Å²) in [6.07, 6.45) is 1.11. The van der Waals surface area contributed by atoms with Crippen molar-refractivity contribution in [2.75, 3.05) is 11.9 Å². The van der Waals surface area contributed by atoms with E-state index in [1.165, 1.54) is 0 Å². The number of para-hydroxylation sites is 1. The van der Waals surface area contributed by atoms with Gasteiger partial charge >= 0.3 is 5.97 Å². The van der Waals surface area contributed by atoms with E-state index < -0.39 is 5.97 Å². The second-order valence-corrected chi connectivity index (χ2v) is 3.15. The van der Waals surface area contributed by atoms with E-state index in [1.54, 1.807) is 0 Å². The summed E-state index contributed by atoms with van der Waals surface area (Å²) in [5.41, 5.74) is 1.77. The topological polar surface area (TPSA) is 49.3 Å². The molecule has 0 aliphatic rings. The van der Waals surface area contributed by atoms with Crippen LogP contribution in [0.25, 0.3) is 0 Å². The molecule has 1 aromatic rings. The lowest BCUT2D eigenvalue weighted by atomic mass is 10.1. The van der Waals surface area contributed by atoms with E-state index in [4.69, 9.17) is 5.11 Å².